The van der Waals surface area contributed by atoms with Gasteiger partial charge in [0, 0.05) is 39.3 Å². The smallest absolute Gasteiger partial charge is 0.193 e. The minimum absolute atomic E-state index is 0.297. The van der Waals surface area contributed by atoms with Gasteiger partial charge in [-0.2, -0.15) is 0 Å². The van der Waals surface area contributed by atoms with E-state index in [0.29, 0.717) is 30.0 Å². The Hall–Kier alpha value is -0.820. The monoisotopic (exact) mass is 356 g/mol. The molecule has 0 aromatic rings. The second-order valence-corrected chi connectivity index (χ2v) is 9.91. The Balaban J connectivity index is 1.51. The van der Waals surface area contributed by atoms with Crippen LogP contribution in [0.15, 0.2) is 4.99 Å². The summed E-state index contributed by atoms with van der Waals surface area (Å²) in [4.78, 5) is 9.48. The molecule has 6 nitrogen and oxygen atoms in total. The number of rotatable bonds is 4. The Morgan fingerprint density at radius 1 is 1.12 bits per heavy atom. The fourth-order valence-electron chi connectivity index (χ4n) is 4.35. The highest BCUT2D eigenvalue weighted by atomic mass is 32.2. The van der Waals surface area contributed by atoms with Crippen molar-refractivity contribution in [2.75, 3.05) is 57.3 Å². The van der Waals surface area contributed by atoms with Gasteiger partial charge in [0.15, 0.2) is 15.8 Å². The van der Waals surface area contributed by atoms with Gasteiger partial charge in [-0.3, -0.25) is 9.89 Å². The van der Waals surface area contributed by atoms with E-state index >= 15 is 0 Å². The molecule has 0 bridgehead atoms. The van der Waals surface area contributed by atoms with E-state index in [2.05, 4.69) is 22.0 Å². The third-order valence-electron chi connectivity index (χ3n) is 5.85. The van der Waals surface area contributed by atoms with Crippen molar-refractivity contribution in [3.05, 3.63) is 0 Å². The molecule has 1 spiro atoms. The molecule has 3 aliphatic rings. The van der Waals surface area contributed by atoms with Crippen LogP contribution in [-0.4, -0.2) is 81.5 Å². The number of guanidine groups is 1. The Morgan fingerprint density at radius 2 is 1.83 bits per heavy atom. The number of likely N-dealkylation sites (tertiary alicyclic amines) is 1. The molecule has 0 amide bonds. The molecule has 2 heterocycles. The summed E-state index contributed by atoms with van der Waals surface area (Å²) in [6, 6.07) is 0. The molecular formula is C17H32N4O2S. The van der Waals surface area contributed by atoms with Crippen molar-refractivity contribution in [2.24, 2.45) is 10.4 Å². The maximum absolute atomic E-state index is 11.5. The molecule has 0 aromatic carbocycles. The molecule has 7 heteroatoms. The van der Waals surface area contributed by atoms with Gasteiger partial charge in [0.25, 0.3) is 0 Å². The lowest BCUT2D eigenvalue weighted by molar-refractivity contribution is 0.300. The maximum atomic E-state index is 11.5. The van der Waals surface area contributed by atoms with E-state index in [4.69, 9.17) is 4.99 Å². The van der Waals surface area contributed by atoms with Gasteiger partial charge in [0.05, 0.1) is 18.1 Å². The number of sulfone groups is 1. The molecule has 2 aliphatic heterocycles. The van der Waals surface area contributed by atoms with Gasteiger partial charge in [-0.05, 0) is 31.6 Å². The zero-order valence-electron chi connectivity index (χ0n) is 15.0. The molecule has 138 valence electrons. The van der Waals surface area contributed by atoms with Crippen LogP contribution in [0.1, 0.15) is 39.0 Å². The van der Waals surface area contributed by atoms with Gasteiger partial charge >= 0.3 is 0 Å². The van der Waals surface area contributed by atoms with E-state index in [1.165, 1.54) is 32.1 Å². The van der Waals surface area contributed by atoms with Gasteiger partial charge in [0.2, 0.25) is 0 Å². The molecule has 1 aliphatic carbocycles. The first-order valence-electron chi connectivity index (χ1n) is 9.48. The summed E-state index contributed by atoms with van der Waals surface area (Å²) >= 11 is 0. The van der Waals surface area contributed by atoms with E-state index in [0.717, 1.165) is 38.7 Å². The van der Waals surface area contributed by atoms with Crippen LogP contribution in [0.5, 0.6) is 0 Å². The summed E-state index contributed by atoms with van der Waals surface area (Å²) in [6.07, 6.45) is 6.84. The largest absolute Gasteiger partial charge is 0.357 e. The normalized spacial score (nSPS) is 27.0. The van der Waals surface area contributed by atoms with E-state index in [9.17, 15) is 8.42 Å². The second-order valence-electron chi connectivity index (χ2n) is 7.61. The molecule has 24 heavy (non-hydrogen) atoms. The maximum Gasteiger partial charge on any atom is 0.193 e. The number of hydrogen-bond acceptors (Lipinski definition) is 4. The molecule has 0 unspecified atom stereocenters. The quantitative estimate of drug-likeness (QED) is 0.600. The van der Waals surface area contributed by atoms with Crippen LogP contribution in [0.2, 0.25) is 0 Å². The number of hydrogen-bond donors (Lipinski definition) is 1. The summed E-state index contributed by atoms with van der Waals surface area (Å²) in [5.41, 5.74) is 0.553. The fourth-order valence-corrected chi connectivity index (χ4v) is 5.62. The number of nitrogens with one attached hydrogen (secondary N) is 1. The second kappa shape index (κ2) is 7.60. The van der Waals surface area contributed by atoms with Gasteiger partial charge in [-0.15, -0.1) is 0 Å². The van der Waals surface area contributed by atoms with E-state index < -0.39 is 9.84 Å². The highest BCUT2D eigenvalue weighted by Gasteiger charge is 2.41. The van der Waals surface area contributed by atoms with E-state index in [-0.39, 0.29) is 0 Å². The Kier molecular flexibility index (Phi) is 5.70. The Morgan fingerprint density at radius 3 is 2.50 bits per heavy atom. The van der Waals surface area contributed by atoms with Crippen molar-refractivity contribution in [1.29, 1.82) is 0 Å². The third kappa shape index (κ3) is 4.42. The molecule has 0 aromatic heterocycles. The highest BCUT2D eigenvalue weighted by molar-refractivity contribution is 7.91. The van der Waals surface area contributed by atoms with Crippen molar-refractivity contribution < 1.29 is 8.42 Å². The molecule has 1 N–H and O–H groups in total. The molecule has 0 radical (unpaired) electrons. The lowest BCUT2D eigenvalue weighted by Gasteiger charge is -2.27. The highest BCUT2D eigenvalue weighted by Crippen LogP contribution is 2.45. The van der Waals surface area contributed by atoms with Crippen LogP contribution in [0.4, 0.5) is 0 Å². The van der Waals surface area contributed by atoms with Crippen LogP contribution >= 0.6 is 0 Å². The Labute approximate surface area is 146 Å². The minimum Gasteiger partial charge on any atom is -0.357 e. The van der Waals surface area contributed by atoms with Crippen molar-refractivity contribution in [1.82, 2.24) is 15.1 Å². The first-order valence-corrected chi connectivity index (χ1v) is 11.3. The lowest BCUT2D eigenvalue weighted by Crippen LogP contribution is -2.43. The molecule has 1 saturated carbocycles. The zero-order chi connectivity index (χ0) is 17.0. The average Bonchev–Trinajstić information content (AvgIpc) is 3.19. The summed E-state index contributed by atoms with van der Waals surface area (Å²) in [6.45, 7) is 8.18. The topological polar surface area (TPSA) is 65.0 Å². The van der Waals surface area contributed by atoms with E-state index in [1.807, 2.05) is 0 Å². The van der Waals surface area contributed by atoms with Gasteiger partial charge in [0.1, 0.15) is 0 Å². The van der Waals surface area contributed by atoms with Crippen LogP contribution in [0.25, 0.3) is 0 Å². The molecule has 3 fully saturated rings. The lowest BCUT2D eigenvalue weighted by atomic mass is 9.86. The van der Waals surface area contributed by atoms with Gasteiger partial charge in [-0.1, -0.05) is 12.8 Å². The predicted octanol–water partition coefficient (Wildman–Crippen LogP) is 0.948. The van der Waals surface area contributed by atoms with Crippen LogP contribution < -0.4 is 5.32 Å². The average molecular weight is 357 g/mol. The summed E-state index contributed by atoms with van der Waals surface area (Å²) < 4.78 is 23.0. The van der Waals surface area contributed by atoms with Crippen molar-refractivity contribution in [3.63, 3.8) is 0 Å². The first-order chi connectivity index (χ1) is 11.5. The summed E-state index contributed by atoms with van der Waals surface area (Å²) in [5.74, 6) is 1.64. The number of nitrogens with zero attached hydrogens (tertiary/aromatic N) is 3. The molecule has 0 atom stereocenters. The molecule has 3 rings (SSSR count). The number of aliphatic imine (C=N–C) groups is 1. The van der Waals surface area contributed by atoms with E-state index in [1.54, 1.807) is 0 Å². The van der Waals surface area contributed by atoms with Gasteiger partial charge < -0.3 is 10.2 Å². The molecular weight excluding hydrogens is 324 g/mol. The minimum atomic E-state index is -2.79. The Bertz CT molecular complexity index is 541. The van der Waals surface area contributed by atoms with Crippen molar-refractivity contribution in [2.45, 2.75) is 39.0 Å². The van der Waals surface area contributed by atoms with Crippen LogP contribution in [0, 0.1) is 5.41 Å². The molecule has 2 saturated heterocycles. The van der Waals surface area contributed by atoms with Crippen molar-refractivity contribution in [3.8, 4) is 0 Å². The standard InChI is InChI=1S/C17H32N4O2S/c1-2-18-16(21-9-7-17(15-21)5-3-4-6-17)19-8-10-20-11-13-24(22,23)14-12-20/h2-15H2,1H3,(H,18,19). The first kappa shape index (κ1) is 18.0. The fraction of sp³-hybridized carbons (Fsp3) is 0.941. The van der Waals surface area contributed by atoms with Gasteiger partial charge in [-0.25, -0.2) is 8.42 Å². The summed E-state index contributed by atoms with van der Waals surface area (Å²) in [7, 11) is -2.79. The van der Waals surface area contributed by atoms with Crippen molar-refractivity contribution >= 4 is 15.8 Å². The predicted molar refractivity (Wildman–Crippen MR) is 98.2 cm³/mol. The zero-order valence-corrected chi connectivity index (χ0v) is 15.8. The third-order valence-corrected chi connectivity index (χ3v) is 7.46. The van der Waals surface area contributed by atoms with Crippen LogP contribution in [-0.2, 0) is 9.84 Å². The van der Waals surface area contributed by atoms with Crippen LogP contribution in [0.3, 0.4) is 0 Å². The SMILES string of the molecule is CCNC(=NCCN1CCS(=O)(=O)CC1)N1CCC2(CCCC2)C1. The summed E-state index contributed by atoms with van der Waals surface area (Å²) in [5, 5.41) is 3.44.